The molecule has 1 amide bonds. The molecular formula is C19H28N6O2. The molecule has 1 atom stereocenters. The van der Waals surface area contributed by atoms with Crippen molar-refractivity contribution in [2.75, 3.05) is 26.2 Å². The van der Waals surface area contributed by atoms with Gasteiger partial charge in [-0.25, -0.2) is 0 Å². The zero-order valence-corrected chi connectivity index (χ0v) is 15.9. The van der Waals surface area contributed by atoms with Gasteiger partial charge in [0.1, 0.15) is 6.10 Å². The first-order valence-electron chi connectivity index (χ1n) is 9.84. The van der Waals surface area contributed by atoms with Crippen molar-refractivity contribution in [3.05, 3.63) is 35.4 Å². The summed E-state index contributed by atoms with van der Waals surface area (Å²) in [4.78, 5) is 17.0. The molecular weight excluding hydrogens is 344 g/mol. The maximum atomic E-state index is 12.8. The first-order chi connectivity index (χ1) is 13.1. The van der Waals surface area contributed by atoms with E-state index in [2.05, 4.69) is 15.1 Å². The zero-order chi connectivity index (χ0) is 18.8. The lowest BCUT2D eigenvalue weighted by Crippen LogP contribution is -2.44. The van der Waals surface area contributed by atoms with Gasteiger partial charge in [-0.05, 0) is 38.1 Å². The van der Waals surface area contributed by atoms with Crippen molar-refractivity contribution in [2.45, 2.75) is 44.9 Å². The molecule has 1 N–H and O–H groups in total. The van der Waals surface area contributed by atoms with Gasteiger partial charge in [-0.1, -0.05) is 12.8 Å². The van der Waals surface area contributed by atoms with E-state index in [0.717, 1.165) is 18.8 Å². The van der Waals surface area contributed by atoms with Crippen molar-refractivity contribution >= 4 is 5.91 Å². The average Bonchev–Trinajstić information content (AvgIpc) is 3.20. The molecule has 2 aromatic rings. The molecule has 0 saturated carbocycles. The molecule has 0 radical (unpaired) electrons. The van der Waals surface area contributed by atoms with Crippen molar-refractivity contribution in [1.29, 1.82) is 0 Å². The number of aliphatic hydroxyl groups excluding tert-OH is 1. The second-order valence-electron chi connectivity index (χ2n) is 7.57. The van der Waals surface area contributed by atoms with E-state index in [4.69, 9.17) is 0 Å². The molecule has 1 saturated heterocycles. The Bertz CT molecular complexity index is 790. The molecule has 4 heterocycles. The third-order valence-corrected chi connectivity index (χ3v) is 5.65. The maximum Gasteiger partial charge on any atom is 0.237 e. The van der Waals surface area contributed by atoms with Gasteiger partial charge in [0.2, 0.25) is 5.91 Å². The largest absolute Gasteiger partial charge is 0.380 e. The van der Waals surface area contributed by atoms with Crippen LogP contribution in [0.4, 0.5) is 0 Å². The minimum absolute atomic E-state index is 0.193. The third kappa shape index (κ3) is 3.91. The van der Waals surface area contributed by atoms with E-state index < -0.39 is 6.10 Å². The summed E-state index contributed by atoms with van der Waals surface area (Å²) < 4.78 is 3.56. The summed E-state index contributed by atoms with van der Waals surface area (Å²) in [5.74, 6) is 0.193. The van der Waals surface area contributed by atoms with Gasteiger partial charge >= 0.3 is 0 Å². The number of hydrogen-bond donors (Lipinski definition) is 1. The van der Waals surface area contributed by atoms with Crippen LogP contribution in [-0.4, -0.2) is 66.6 Å². The number of rotatable bonds is 4. The minimum atomic E-state index is -0.808. The number of likely N-dealkylation sites (tertiary alicyclic amines) is 1. The first-order valence-corrected chi connectivity index (χ1v) is 9.84. The lowest BCUT2D eigenvalue weighted by atomic mass is 10.1. The SMILES string of the molecule is Cn1nccc1C(O)c1cc2n(n1)CCN(C(=O)CN1CCCCCC1)C2. The summed E-state index contributed by atoms with van der Waals surface area (Å²) in [7, 11) is 1.80. The van der Waals surface area contributed by atoms with Crippen molar-refractivity contribution in [3.63, 3.8) is 0 Å². The van der Waals surface area contributed by atoms with Gasteiger partial charge in [0.05, 0.1) is 36.7 Å². The lowest BCUT2D eigenvalue weighted by molar-refractivity contribution is -0.133. The third-order valence-electron chi connectivity index (χ3n) is 5.65. The standard InChI is InChI=1S/C19H28N6O2/c1-22-17(6-7-20-22)19(27)16-12-15-13-24(10-11-25(15)21-16)18(26)14-23-8-4-2-3-5-9-23/h6-7,12,19,27H,2-5,8-11,13-14H2,1H3. The zero-order valence-electron chi connectivity index (χ0n) is 15.9. The van der Waals surface area contributed by atoms with E-state index in [-0.39, 0.29) is 5.91 Å². The molecule has 1 fully saturated rings. The van der Waals surface area contributed by atoms with Crippen LogP contribution in [0.5, 0.6) is 0 Å². The van der Waals surface area contributed by atoms with E-state index in [1.54, 1.807) is 24.0 Å². The van der Waals surface area contributed by atoms with Crippen LogP contribution >= 0.6 is 0 Å². The summed E-state index contributed by atoms with van der Waals surface area (Å²) in [6, 6.07) is 3.70. The Hall–Kier alpha value is -2.19. The topological polar surface area (TPSA) is 79.4 Å². The van der Waals surface area contributed by atoms with Crippen molar-refractivity contribution < 1.29 is 9.90 Å². The van der Waals surface area contributed by atoms with Gasteiger partial charge < -0.3 is 10.0 Å². The Balaban J connectivity index is 1.41. The second kappa shape index (κ2) is 7.82. The number of aryl methyl sites for hydroxylation is 1. The van der Waals surface area contributed by atoms with Crippen LogP contribution < -0.4 is 0 Å². The number of carbonyl (C=O) groups is 1. The van der Waals surface area contributed by atoms with Crippen LogP contribution in [-0.2, 0) is 24.9 Å². The molecule has 0 bridgehead atoms. The molecule has 146 valence electrons. The Morgan fingerprint density at radius 1 is 1.19 bits per heavy atom. The Labute approximate surface area is 159 Å². The lowest BCUT2D eigenvalue weighted by Gasteiger charge is -2.30. The van der Waals surface area contributed by atoms with Gasteiger partial charge in [-0.15, -0.1) is 0 Å². The fraction of sp³-hybridized carbons (Fsp3) is 0.632. The van der Waals surface area contributed by atoms with Crippen LogP contribution in [0.2, 0.25) is 0 Å². The molecule has 8 heteroatoms. The fourth-order valence-electron chi connectivity index (χ4n) is 4.02. The predicted octanol–water partition coefficient (Wildman–Crippen LogP) is 0.916. The first kappa shape index (κ1) is 18.2. The molecule has 1 unspecified atom stereocenters. The molecule has 2 aromatic heterocycles. The maximum absolute atomic E-state index is 12.8. The van der Waals surface area contributed by atoms with E-state index in [9.17, 15) is 9.90 Å². The smallest absolute Gasteiger partial charge is 0.237 e. The van der Waals surface area contributed by atoms with Gasteiger partial charge in [-0.3, -0.25) is 19.1 Å². The highest BCUT2D eigenvalue weighted by atomic mass is 16.3. The monoisotopic (exact) mass is 372 g/mol. The molecule has 0 aliphatic carbocycles. The molecule has 0 aromatic carbocycles. The summed E-state index contributed by atoms with van der Waals surface area (Å²) in [6.45, 7) is 4.45. The number of amides is 1. The molecule has 2 aliphatic rings. The summed E-state index contributed by atoms with van der Waals surface area (Å²) in [5.41, 5.74) is 2.29. The van der Waals surface area contributed by atoms with Crippen LogP contribution in [0, 0.1) is 0 Å². The van der Waals surface area contributed by atoms with Crippen LogP contribution in [0.25, 0.3) is 0 Å². The fourth-order valence-corrected chi connectivity index (χ4v) is 4.02. The van der Waals surface area contributed by atoms with Crippen LogP contribution in [0.15, 0.2) is 18.3 Å². The van der Waals surface area contributed by atoms with Gasteiger partial charge in [0.25, 0.3) is 0 Å². The van der Waals surface area contributed by atoms with Gasteiger partial charge in [0.15, 0.2) is 0 Å². The van der Waals surface area contributed by atoms with Crippen molar-refractivity contribution in [2.24, 2.45) is 7.05 Å². The van der Waals surface area contributed by atoms with Crippen molar-refractivity contribution in [3.8, 4) is 0 Å². The average molecular weight is 372 g/mol. The highest BCUT2D eigenvalue weighted by molar-refractivity contribution is 5.78. The Morgan fingerprint density at radius 2 is 1.96 bits per heavy atom. The summed E-state index contributed by atoms with van der Waals surface area (Å²) >= 11 is 0. The summed E-state index contributed by atoms with van der Waals surface area (Å²) in [5, 5.41) is 19.3. The van der Waals surface area contributed by atoms with Crippen molar-refractivity contribution in [1.82, 2.24) is 29.4 Å². The minimum Gasteiger partial charge on any atom is -0.380 e. The highest BCUT2D eigenvalue weighted by Crippen LogP contribution is 2.23. The molecule has 27 heavy (non-hydrogen) atoms. The number of nitrogens with zero attached hydrogens (tertiary/aromatic N) is 6. The number of carbonyl (C=O) groups excluding carboxylic acids is 1. The molecule has 8 nitrogen and oxygen atoms in total. The van der Waals surface area contributed by atoms with E-state index in [1.165, 1.54) is 25.7 Å². The van der Waals surface area contributed by atoms with Gasteiger partial charge in [-0.2, -0.15) is 10.2 Å². The Morgan fingerprint density at radius 3 is 2.67 bits per heavy atom. The van der Waals surface area contributed by atoms with E-state index in [1.807, 2.05) is 15.6 Å². The predicted molar refractivity (Wildman–Crippen MR) is 99.8 cm³/mol. The van der Waals surface area contributed by atoms with E-state index in [0.29, 0.717) is 37.6 Å². The number of aromatic nitrogens is 4. The number of fused-ring (bicyclic) bond motifs is 1. The van der Waals surface area contributed by atoms with Gasteiger partial charge in [0, 0.05) is 19.8 Å². The molecule has 0 spiro atoms. The second-order valence-corrected chi connectivity index (χ2v) is 7.57. The Kier molecular flexibility index (Phi) is 5.27. The quantitative estimate of drug-likeness (QED) is 0.863. The van der Waals surface area contributed by atoms with Crippen LogP contribution in [0.3, 0.4) is 0 Å². The molecule has 4 rings (SSSR count). The van der Waals surface area contributed by atoms with E-state index >= 15 is 0 Å². The van der Waals surface area contributed by atoms with Crippen LogP contribution in [0.1, 0.15) is 48.9 Å². The molecule has 2 aliphatic heterocycles. The number of aliphatic hydroxyl groups is 1. The highest BCUT2D eigenvalue weighted by Gasteiger charge is 2.26. The number of hydrogen-bond acceptors (Lipinski definition) is 5. The normalized spacial score (nSPS) is 19.6. The summed E-state index contributed by atoms with van der Waals surface area (Å²) in [6.07, 6.45) is 5.78.